The number of hydrogen-bond donors (Lipinski definition) is 2. The Labute approximate surface area is 184 Å². The lowest BCUT2D eigenvalue weighted by atomic mass is 10.1. The second kappa shape index (κ2) is 11.1. The van der Waals surface area contributed by atoms with Crippen LogP contribution in [0, 0.1) is 0 Å². The highest BCUT2D eigenvalue weighted by Crippen LogP contribution is 2.32. The van der Waals surface area contributed by atoms with Crippen molar-refractivity contribution in [3.05, 3.63) is 59.2 Å². The second-order valence-corrected chi connectivity index (χ2v) is 6.79. The number of aliphatic imine (C=N–C) groups is 1. The summed E-state index contributed by atoms with van der Waals surface area (Å²) in [4.78, 5) is 6.84. The van der Waals surface area contributed by atoms with Gasteiger partial charge in [-0.15, -0.1) is 24.0 Å². The molecule has 2 N–H and O–H groups in total. The number of nitrogens with one attached hydrogen (secondary N) is 2. The summed E-state index contributed by atoms with van der Waals surface area (Å²) < 4.78 is 10.8. The Morgan fingerprint density at radius 3 is 2.36 bits per heavy atom. The van der Waals surface area contributed by atoms with E-state index in [1.54, 1.807) is 0 Å². The van der Waals surface area contributed by atoms with E-state index in [0.717, 1.165) is 42.7 Å². The summed E-state index contributed by atoms with van der Waals surface area (Å²) in [5, 5.41) is 6.68. The smallest absolute Gasteiger partial charge is 0.231 e. The van der Waals surface area contributed by atoms with Gasteiger partial charge in [0.05, 0.1) is 6.54 Å². The Morgan fingerprint density at radius 2 is 1.64 bits per heavy atom. The Balaban J connectivity index is 0.00000280. The van der Waals surface area contributed by atoms with Crippen LogP contribution in [-0.4, -0.2) is 38.3 Å². The van der Waals surface area contributed by atoms with Crippen molar-refractivity contribution in [3.63, 3.8) is 0 Å². The van der Waals surface area contributed by atoms with Crippen LogP contribution < -0.4 is 20.1 Å². The predicted molar refractivity (Wildman–Crippen MR) is 123 cm³/mol. The first-order valence-electron chi connectivity index (χ1n) is 9.27. The van der Waals surface area contributed by atoms with Gasteiger partial charge in [-0.25, -0.2) is 4.99 Å². The number of fused-ring (bicyclic) bond motifs is 1. The number of hydrogen-bond acceptors (Lipinski definition) is 4. The van der Waals surface area contributed by atoms with Crippen LogP contribution in [0.25, 0.3) is 0 Å². The number of rotatable bonds is 7. The highest BCUT2D eigenvalue weighted by atomic mass is 127. The van der Waals surface area contributed by atoms with Gasteiger partial charge in [0.25, 0.3) is 0 Å². The molecule has 2 aromatic rings. The number of nitrogens with zero attached hydrogens (tertiary/aromatic N) is 2. The first-order valence-corrected chi connectivity index (χ1v) is 9.27. The Bertz CT molecular complexity index is 778. The molecule has 0 saturated carbocycles. The lowest BCUT2D eigenvalue weighted by Crippen LogP contribution is -2.36. The lowest BCUT2D eigenvalue weighted by molar-refractivity contribution is 0.174. The van der Waals surface area contributed by atoms with E-state index in [4.69, 9.17) is 9.47 Å². The molecule has 1 aliphatic heterocycles. The van der Waals surface area contributed by atoms with Crippen LogP contribution in [0.3, 0.4) is 0 Å². The Morgan fingerprint density at radius 1 is 0.964 bits per heavy atom. The van der Waals surface area contributed by atoms with Gasteiger partial charge >= 0.3 is 0 Å². The van der Waals surface area contributed by atoms with E-state index in [1.165, 1.54) is 11.1 Å². The van der Waals surface area contributed by atoms with Crippen molar-refractivity contribution >= 4 is 29.9 Å². The molecule has 0 spiro atoms. The van der Waals surface area contributed by atoms with Gasteiger partial charge in [-0.05, 0) is 49.8 Å². The monoisotopic (exact) mass is 496 g/mol. The zero-order valence-electron chi connectivity index (χ0n) is 16.7. The summed E-state index contributed by atoms with van der Waals surface area (Å²) in [6.45, 7) is 5.43. The SMILES string of the molecule is CCNC(=NCc1ccc2c(c1)OCO2)NCc1ccc(CN(C)C)cc1.I. The fourth-order valence-electron chi connectivity index (χ4n) is 2.86. The third-order valence-corrected chi connectivity index (χ3v) is 4.18. The van der Waals surface area contributed by atoms with Crippen molar-refractivity contribution in [1.29, 1.82) is 0 Å². The fraction of sp³-hybridized carbons (Fsp3) is 0.381. The summed E-state index contributed by atoms with van der Waals surface area (Å²) in [7, 11) is 4.16. The standard InChI is InChI=1S/C21H28N4O2.HI/c1-4-22-21(23-12-16-5-7-17(8-6-16)14-25(2)3)24-13-18-9-10-19-20(11-18)27-15-26-19;/h5-11H,4,12-15H2,1-3H3,(H2,22,23,24);1H. The van der Waals surface area contributed by atoms with Crippen LogP contribution in [0.1, 0.15) is 23.6 Å². The molecule has 1 aliphatic rings. The summed E-state index contributed by atoms with van der Waals surface area (Å²) >= 11 is 0. The number of ether oxygens (including phenoxy) is 2. The summed E-state index contributed by atoms with van der Waals surface area (Å²) in [6, 6.07) is 14.6. The van der Waals surface area contributed by atoms with Gasteiger partial charge in [-0.3, -0.25) is 0 Å². The number of benzene rings is 2. The van der Waals surface area contributed by atoms with Crippen molar-refractivity contribution in [1.82, 2.24) is 15.5 Å². The van der Waals surface area contributed by atoms with Gasteiger partial charge in [0.15, 0.2) is 17.5 Å². The molecule has 0 atom stereocenters. The van der Waals surface area contributed by atoms with Crippen molar-refractivity contribution in [2.45, 2.75) is 26.6 Å². The van der Waals surface area contributed by atoms with E-state index in [0.29, 0.717) is 13.3 Å². The molecule has 0 aliphatic carbocycles. The summed E-state index contributed by atoms with van der Waals surface area (Å²) in [5.74, 6) is 2.39. The molecule has 0 radical (unpaired) electrons. The average molecular weight is 496 g/mol. The molecule has 1 heterocycles. The number of halogens is 1. The van der Waals surface area contributed by atoms with Crippen LogP contribution >= 0.6 is 24.0 Å². The predicted octanol–water partition coefficient (Wildman–Crippen LogP) is 3.35. The minimum atomic E-state index is 0. The molecule has 0 fully saturated rings. The van der Waals surface area contributed by atoms with Crippen LogP contribution in [-0.2, 0) is 19.6 Å². The quantitative estimate of drug-likeness (QED) is 0.350. The normalized spacial score (nSPS) is 12.6. The largest absolute Gasteiger partial charge is 0.454 e. The molecular formula is C21H29IN4O2. The molecule has 152 valence electrons. The first-order chi connectivity index (χ1) is 13.1. The zero-order chi connectivity index (χ0) is 19.1. The van der Waals surface area contributed by atoms with Crippen molar-refractivity contribution in [2.75, 3.05) is 27.4 Å². The molecule has 2 aromatic carbocycles. The maximum Gasteiger partial charge on any atom is 0.231 e. The Kier molecular flexibility index (Phi) is 8.85. The van der Waals surface area contributed by atoms with E-state index in [2.05, 4.69) is 65.8 Å². The highest BCUT2D eigenvalue weighted by Gasteiger charge is 2.12. The van der Waals surface area contributed by atoms with Crippen molar-refractivity contribution in [2.24, 2.45) is 4.99 Å². The maximum atomic E-state index is 5.43. The molecule has 28 heavy (non-hydrogen) atoms. The van der Waals surface area contributed by atoms with Crippen LogP contribution in [0.15, 0.2) is 47.5 Å². The average Bonchev–Trinajstić information content (AvgIpc) is 3.12. The third-order valence-electron chi connectivity index (χ3n) is 4.18. The third kappa shape index (κ3) is 6.56. The van der Waals surface area contributed by atoms with Gasteiger partial charge < -0.3 is 25.0 Å². The molecule has 3 rings (SSSR count). The van der Waals surface area contributed by atoms with Crippen LogP contribution in [0.5, 0.6) is 11.5 Å². The molecule has 0 aromatic heterocycles. The first kappa shape index (κ1) is 22.3. The molecule has 0 amide bonds. The van der Waals surface area contributed by atoms with Gasteiger partial charge in [0.1, 0.15) is 0 Å². The van der Waals surface area contributed by atoms with Gasteiger partial charge in [0, 0.05) is 19.6 Å². The van der Waals surface area contributed by atoms with Crippen LogP contribution in [0.2, 0.25) is 0 Å². The van der Waals surface area contributed by atoms with Gasteiger partial charge in [0.2, 0.25) is 6.79 Å². The van der Waals surface area contributed by atoms with Gasteiger partial charge in [-0.1, -0.05) is 30.3 Å². The van der Waals surface area contributed by atoms with E-state index < -0.39 is 0 Å². The molecule has 7 heteroatoms. The minimum absolute atomic E-state index is 0. The zero-order valence-corrected chi connectivity index (χ0v) is 19.0. The lowest BCUT2D eigenvalue weighted by Gasteiger charge is -2.13. The maximum absolute atomic E-state index is 5.43. The van der Waals surface area contributed by atoms with Crippen molar-refractivity contribution < 1.29 is 9.47 Å². The number of guanidine groups is 1. The Hall–Kier alpha value is -2.00. The molecule has 0 unspecified atom stereocenters. The molecule has 0 saturated heterocycles. The van der Waals surface area contributed by atoms with E-state index in [-0.39, 0.29) is 24.0 Å². The second-order valence-electron chi connectivity index (χ2n) is 6.79. The van der Waals surface area contributed by atoms with Crippen molar-refractivity contribution in [3.8, 4) is 11.5 Å². The molecule has 6 nitrogen and oxygen atoms in total. The van der Waals surface area contributed by atoms with E-state index >= 15 is 0 Å². The summed E-state index contributed by atoms with van der Waals surface area (Å²) in [5.41, 5.74) is 3.63. The van der Waals surface area contributed by atoms with Gasteiger partial charge in [-0.2, -0.15) is 0 Å². The topological polar surface area (TPSA) is 58.1 Å². The van der Waals surface area contributed by atoms with Crippen LogP contribution in [0.4, 0.5) is 0 Å². The van der Waals surface area contributed by atoms with E-state index in [1.807, 2.05) is 18.2 Å². The minimum Gasteiger partial charge on any atom is -0.454 e. The fourth-order valence-corrected chi connectivity index (χ4v) is 2.86. The molecule has 0 bridgehead atoms. The molecular weight excluding hydrogens is 467 g/mol. The highest BCUT2D eigenvalue weighted by molar-refractivity contribution is 14.0. The summed E-state index contributed by atoms with van der Waals surface area (Å²) in [6.07, 6.45) is 0. The van der Waals surface area contributed by atoms with E-state index in [9.17, 15) is 0 Å².